The van der Waals surface area contributed by atoms with Crippen molar-refractivity contribution in [1.82, 2.24) is 15.5 Å². The van der Waals surface area contributed by atoms with Crippen LogP contribution in [0.25, 0.3) is 10.9 Å². The van der Waals surface area contributed by atoms with E-state index in [0.717, 1.165) is 10.9 Å². The van der Waals surface area contributed by atoms with Gasteiger partial charge in [0.25, 0.3) is 0 Å². The zero-order valence-electron chi connectivity index (χ0n) is 12.4. The van der Waals surface area contributed by atoms with E-state index in [0.29, 0.717) is 17.1 Å². The molecule has 0 spiro atoms. The summed E-state index contributed by atoms with van der Waals surface area (Å²) < 4.78 is 13.2. The van der Waals surface area contributed by atoms with Crippen LogP contribution < -0.4 is 16.4 Å². The number of anilines is 2. The zero-order chi connectivity index (χ0) is 16.4. The van der Waals surface area contributed by atoms with Crippen molar-refractivity contribution in [2.24, 2.45) is 0 Å². The number of nitrogens with two attached hydrogens (primary N) is 1. The molecule has 0 saturated heterocycles. The van der Waals surface area contributed by atoms with Crippen molar-refractivity contribution >= 4 is 28.4 Å². The third-order valence-electron chi connectivity index (χ3n) is 3.55. The van der Waals surface area contributed by atoms with Gasteiger partial charge >= 0.3 is 6.03 Å². The van der Waals surface area contributed by atoms with Gasteiger partial charge in [-0.05, 0) is 42.8 Å². The third kappa shape index (κ3) is 3.23. The van der Waals surface area contributed by atoms with Crippen LogP contribution >= 0.6 is 0 Å². The summed E-state index contributed by atoms with van der Waals surface area (Å²) in [6.07, 6.45) is 0. The fraction of sp³-hybridized carbons (Fsp3) is 0.125. The maximum absolute atomic E-state index is 13.2. The predicted molar refractivity (Wildman–Crippen MR) is 87.5 cm³/mol. The molecule has 23 heavy (non-hydrogen) atoms. The molecule has 0 saturated carbocycles. The van der Waals surface area contributed by atoms with E-state index in [2.05, 4.69) is 20.8 Å². The van der Waals surface area contributed by atoms with Crippen molar-refractivity contribution < 1.29 is 9.18 Å². The number of carbonyl (C=O) groups excluding carboxylic acids is 1. The van der Waals surface area contributed by atoms with Crippen LogP contribution in [-0.4, -0.2) is 16.2 Å². The second-order valence-corrected chi connectivity index (χ2v) is 5.24. The maximum Gasteiger partial charge on any atom is 0.319 e. The topological polar surface area (TPSA) is 95.8 Å². The Morgan fingerprint density at radius 1 is 1.30 bits per heavy atom. The summed E-state index contributed by atoms with van der Waals surface area (Å²) in [4.78, 5) is 12.1. The number of hydrogen-bond acceptors (Lipinski definition) is 3. The number of aromatic nitrogens is 2. The van der Waals surface area contributed by atoms with Gasteiger partial charge in [0.05, 0.1) is 11.6 Å². The number of benzene rings is 2. The molecule has 0 unspecified atom stereocenters. The van der Waals surface area contributed by atoms with E-state index in [4.69, 9.17) is 5.73 Å². The Bertz CT molecular complexity index is 861. The van der Waals surface area contributed by atoms with E-state index in [1.54, 1.807) is 37.3 Å². The molecule has 0 aliphatic carbocycles. The molecule has 1 heterocycles. The van der Waals surface area contributed by atoms with Gasteiger partial charge in [-0.15, -0.1) is 0 Å². The largest absolute Gasteiger partial charge is 0.382 e. The summed E-state index contributed by atoms with van der Waals surface area (Å²) in [7, 11) is 0. The molecule has 3 rings (SSSR count). The van der Waals surface area contributed by atoms with Gasteiger partial charge in [0.2, 0.25) is 0 Å². The number of urea groups is 1. The molecule has 0 aliphatic rings. The Balaban J connectivity index is 1.69. The molecule has 7 heteroatoms. The first-order valence-electron chi connectivity index (χ1n) is 7.09. The monoisotopic (exact) mass is 313 g/mol. The van der Waals surface area contributed by atoms with E-state index < -0.39 is 0 Å². The molecular formula is C16H16FN5O. The van der Waals surface area contributed by atoms with Gasteiger partial charge < -0.3 is 16.4 Å². The lowest BCUT2D eigenvalue weighted by Crippen LogP contribution is -2.31. The average molecular weight is 313 g/mol. The van der Waals surface area contributed by atoms with Crippen LogP contribution in [0.3, 0.4) is 0 Å². The second-order valence-electron chi connectivity index (χ2n) is 5.24. The van der Waals surface area contributed by atoms with Gasteiger partial charge in [0.15, 0.2) is 5.82 Å². The molecule has 6 nitrogen and oxygen atoms in total. The molecule has 1 aromatic heterocycles. The van der Waals surface area contributed by atoms with Crippen molar-refractivity contribution in [3.63, 3.8) is 0 Å². The van der Waals surface area contributed by atoms with E-state index in [1.807, 2.05) is 0 Å². The summed E-state index contributed by atoms with van der Waals surface area (Å²) in [6, 6.07) is 10.7. The first-order chi connectivity index (χ1) is 11.0. The number of amides is 2. The van der Waals surface area contributed by atoms with Crippen LogP contribution in [0, 0.1) is 5.82 Å². The number of nitrogens with zero attached hydrogens (tertiary/aromatic N) is 1. The van der Waals surface area contributed by atoms with Gasteiger partial charge in [-0.25, -0.2) is 9.18 Å². The lowest BCUT2D eigenvalue weighted by molar-refractivity contribution is 0.249. The van der Waals surface area contributed by atoms with Crippen LogP contribution in [-0.2, 0) is 0 Å². The van der Waals surface area contributed by atoms with E-state index in [9.17, 15) is 9.18 Å². The van der Waals surface area contributed by atoms with Crippen molar-refractivity contribution in [2.75, 3.05) is 11.1 Å². The fourth-order valence-corrected chi connectivity index (χ4v) is 2.34. The Morgan fingerprint density at radius 3 is 2.91 bits per heavy atom. The fourth-order valence-electron chi connectivity index (χ4n) is 2.34. The third-order valence-corrected chi connectivity index (χ3v) is 3.55. The number of rotatable bonds is 3. The van der Waals surface area contributed by atoms with Crippen molar-refractivity contribution in [2.45, 2.75) is 13.0 Å². The smallest absolute Gasteiger partial charge is 0.319 e. The molecule has 118 valence electrons. The summed E-state index contributed by atoms with van der Waals surface area (Å²) >= 11 is 0. The standard InChI is InChI=1S/C16H16FN5O/c1-9(10-3-2-4-11(17)7-10)19-16(23)20-12-5-6-14-13(8-12)15(18)22-21-14/h2-9H,1H3,(H3,18,21,22)(H2,19,20,23)/t9-/m1/s1. The first-order valence-corrected chi connectivity index (χ1v) is 7.09. The number of hydrogen-bond donors (Lipinski definition) is 4. The summed E-state index contributed by atoms with van der Waals surface area (Å²) in [5.41, 5.74) is 7.82. The van der Waals surface area contributed by atoms with Gasteiger partial charge in [0, 0.05) is 11.1 Å². The minimum absolute atomic E-state index is 0.326. The van der Waals surface area contributed by atoms with Gasteiger partial charge in [0.1, 0.15) is 5.82 Å². The first kappa shape index (κ1) is 14.8. The maximum atomic E-state index is 13.2. The minimum Gasteiger partial charge on any atom is -0.382 e. The number of fused-ring (bicyclic) bond motifs is 1. The molecule has 0 fully saturated rings. The lowest BCUT2D eigenvalue weighted by atomic mass is 10.1. The second kappa shape index (κ2) is 5.96. The molecule has 3 aromatic rings. The summed E-state index contributed by atoms with van der Waals surface area (Å²) in [5, 5.41) is 12.9. The van der Waals surface area contributed by atoms with Crippen LogP contribution in [0.15, 0.2) is 42.5 Å². The SMILES string of the molecule is C[C@@H](NC(=O)Nc1ccc2[nH]nc(N)c2c1)c1cccc(F)c1. The van der Waals surface area contributed by atoms with Crippen molar-refractivity contribution in [3.05, 3.63) is 53.8 Å². The molecule has 5 N–H and O–H groups in total. The Kier molecular flexibility index (Phi) is 3.84. The molecule has 1 atom stereocenters. The number of H-pyrrole nitrogens is 1. The molecule has 0 bridgehead atoms. The van der Waals surface area contributed by atoms with Crippen LogP contribution in [0.2, 0.25) is 0 Å². The van der Waals surface area contributed by atoms with Crippen molar-refractivity contribution in [1.29, 1.82) is 0 Å². The highest BCUT2D eigenvalue weighted by Crippen LogP contribution is 2.22. The average Bonchev–Trinajstić information content (AvgIpc) is 2.88. The van der Waals surface area contributed by atoms with Crippen LogP contribution in [0.4, 0.5) is 20.7 Å². The number of halogens is 1. The highest BCUT2D eigenvalue weighted by Gasteiger charge is 2.11. The predicted octanol–water partition coefficient (Wildman–Crippen LogP) is 3.17. The van der Waals surface area contributed by atoms with Gasteiger partial charge in [-0.3, -0.25) is 5.10 Å². The molecule has 0 aliphatic heterocycles. The Morgan fingerprint density at radius 2 is 2.13 bits per heavy atom. The minimum atomic E-state index is -0.386. The Labute approximate surface area is 131 Å². The number of nitrogens with one attached hydrogen (secondary N) is 3. The molecule has 2 amide bonds. The van der Waals surface area contributed by atoms with Crippen LogP contribution in [0.5, 0.6) is 0 Å². The van der Waals surface area contributed by atoms with E-state index in [1.165, 1.54) is 12.1 Å². The Hall–Kier alpha value is -3.09. The highest BCUT2D eigenvalue weighted by atomic mass is 19.1. The van der Waals surface area contributed by atoms with Gasteiger partial charge in [-0.1, -0.05) is 12.1 Å². The van der Waals surface area contributed by atoms with E-state index in [-0.39, 0.29) is 17.9 Å². The zero-order valence-corrected chi connectivity index (χ0v) is 12.4. The highest BCUT2D eigenvalue weighted by molar-refractivity contribution is 5.95. The van der Waals surface area contributed by atoms with Crippen molar-refractivity contribution in [3.8, 4) is 0 Å². The quantitative estimate of drug-likeness (QED) is 0.598. The normalized spacial score (nSPS) is 12.1. The van der Waals surface area contributed by atoms with Gasteiger partial charge in [-0.2, -0.15) is 5.10 Å². The molecule has 0 radical (unpaired) electrons. The summed E-state index contributed by atoms with van der Waals surface area (Å²) in [6.45, 7) is 1.78. The number of aromatic amines is 1. The number of carbonyl (C=O) groups is 1. The lowest BCUT2D eigenvalue weighted by Gasteiger charge is -2.15. The summed E-state index contributed by atoms with van der Waals surface area (Å²) in [5.74, 6) is 0.0367. The molecule has 2 aromatic carbocycles. The van der Waals surface area contributed by atoms with Crippen LogP contribution in [0.1, 0.15) is 18.5 Å². The number of nitrogen functional groups attached to an aromatic ring is 1. The molecular weight excluding hydrogens is 297 g/mol. The van der Waals surface area contributed by atoms with E-state index >= 15 is 0 Å².